The van der Waals surface area contributed by atoms with Crippen LogP contribution in [-0.2, 0) is 9.53 Å². The molecule has 0 N–H and O–H groups in total. The van der Waals surface area contributed by atoms with Gasteiger partial charge in [-0.05, 0) is 87.2 Å². The number of hydrogen-bond donors (Lipinski definition) is 0. The van der Waals surface area contributed by atoms with Crippen molar-refractivity contribution in [3.05, 3.63) is 114 Å². The molecule has 3 heterocycles. The Bertz CT molecular complexity index is 1710. The summed E-state index contributed by atoms with van der Waals surface area (Å²) < 4.78 is 9.71. The molecule has 0 fully saturated rings. The quantitative estimate of drug-likeness (QED) is 0.234. The molecule has 38 heavy (non-hydrogen) atoms. The molecule has 6 nitrogen and oxygen atoms in total. The molecule has 0 radical (unpaired) electrons. The Kier molecular flexibility index (Phi) is 7.47. The molecule has 4 aromatic rings. The van der Waals surface area contributed by atoms with Crippen LogP contribution in [0.15, 0.2) is 92.8 Å². The predicted octanol–water partition coefficient (Wildman–Crippen LogP) is 5.35. The summed E-state index contributed by atoms with van der Waals surface area (Å²) in [4.78, 5) is 33.5. The molecule has 5 rings (SSSR count). The third-order valence-electron chi connectivity index (χ3n) is 6.18. The van der Waals surface area contributed by atoms with E-state index < -0.39 is 12.0 Å². The number of thioether (sulfide) groups is 1. The Morgan fingerprint density at radius 1 is 1.13 bits per heavy atom. The molecule has 0 saturated heterocycles. The third kappa shape index (κ3) is 5.04. The second-order valence-corrected chi connectivity index (χ2v) is 11.4. The van der Waals surface area contributed by atoms with Crippen LogP contribution in [0.25, 0.3) is 11.8 Å². The van der Waals surface area contributed by atoms with E-state index in [4.69, 9.17) is 16.3 Å². The molecular formula is C29H26ClN3O3S2. The van der Waals surface area contributed by atoms with Crippen LogP contribution in [0.4, 0.5) is 0 Å². The molecule has 0 saturated carbocycles. The van der Waals surface area contributed by atoms with Gasteiger partial charge >= 0.3 is 5.97 Å². The maximum absolute atomic E-state index is 13.9. The van der Waals surface area contributed by atoms with Crippen molar-refractivity contribution in [3.63, 3.8) is 0 Å². The van der Waals surface area contributed by atoms with Crippen LogP contribution < -0.4 is 14.9 Å². The van der Waals surface area contributed by atoms with Crippen molar-refractivity contribution in [2.24, 2.45) is 4.99 Å². The number of aromatic nitrogens is 2. The molecule has 194 valence electrons. The third-order valence-corrected chi connectivity index (χ3v) is 8.16. The maximum Gasteiger partial charge on any atom is 0.338 e. The highest BCUT2D eigenvalue weighted by atomic mass is 35.5. The molecule has 0 unspecified atom stereocenters. The van der Waals surface area contributed by atoms with Crippen LogP contribution in [0.3, 0.4) is 0 Å². The first-order chi connectivity index (χ1) is 18.3. The van der Waals surface area contributed by atoms with Crippen LogP contribution in [0, 0.1) is 0 Å². The fraction of sp³-hybridized carbons (Fsp3) is 0.207. The van der Waals surface area contributed by atoms with Gasteiger partial charge in [0.25, 0.3) is 5.56 Å². The van der Waals surface area contributed by atoms with Gasteiger partial charge in [0.15, 0.2) is 4.80 Å². The molecule has 9 heteroatoms. The molecule has 0 bridgehead atoms. The number of carbonyl (C=O) groups excluding carboxylic acids is 1. The van der Waals surface area contributed by atoms with Gasteiger partial charge in [-0.2, -0.15) is 0 Å². The number of benzene rings is 2. The minimum absolute atomic E-state index is 0.209. The van der Waals surface area contributed by atoms with Crippen molar-refractivity contribution in [2.45, 2.75) is 37.8 Å². The predicted molar refractivity (Wildman–Crippen MR) is 154 cm³/mol. The minimum Gasteiger partial charge on any atom is -0.459 e. The average Bonchev–Trinajstić information content (AvgIpc) is 3.47. The van der Waals surface area contributed by atoms with E-state index >= 15 is 0 Å². The smallest absolute Gasteiger partial charge is 0.338 e. The van der Waals surface area contributed by atoms with E-state index in [0.717, 1.165) is 21.8 Å². The summed E-state index contributed by atoms with van der Waals surface area (Å²) in [7, 11) is 0. The van der Waals surface area contributed by atoms with Gasteiger partial charge in [-0.25, -0.2) is 9.79 Å². The van der Waals surface area contributed by atoms with Gasteiger partial charge in [0.05, 0.1) is 27.9 Å². The van der Waals surface area contributed by atoms with E-state index in [0.29, 0.717) is 25.6 Å². The number of halogens is 1. The van der Waals surface area contributed by atoms with Gasteiger partial charge in [-0.15, -0.1) is 11.8 Å². The highest BCUT2D eigenvalue weighted by Gasteiger charge is 2.33. The number of allylic oxidation sites excluding steroid dienone is 1. The lowest BCUT2D eigenvalue weighted by Gasteiger charge is -2.25. The fourth-order valence-corrected chi connectivity index (χ4v) is 6.01. The summed E-state index contributed by atoms with van der Waals surface area (Å²) in [5, 5.41) is 0.656. The van der Waals surface area contributed by atoms with Crippen molar-refractivity contribution < 1.29 is 9.53 Å². The van der Waals surface area contributed by atoms with Crippen molar-refractivity contribution >= 4 is 46.7 Å². The minimum atomic E-state index is -0.640. The normalized spacial score (nSPS) is 15.5. The Balaban J connectivity index is 1.68. The van der Waals surface area contributed by atoms with Crippen LogP contribution in [0.2, 0.25) is 5.02 Å². The van der Waals surface area contributed by atoms with E-state index in [9.17, 15) is 9.59 Å². The SMILES string of the molecule is CSc1ccc([C@H]2C(C(=O)OC(C)C)=C(C)N=c3s/c(=C\c4cccn4-c4ccc(Cl)cc4)c(=O)n32)cc1. The standard InChI is InChI=1S/C29H26ClN3O3S2/c1-17(2)36-28(35)25-18(3)31-29-33(26(25)19-7-13-23(37-4)14-8-19)27(34)24(38-29)16-22-6-5-15-32(22)21-11-9-20(30)10-12-21/h5-17,26H,1-4H3/b24-16-/t26-/m0/s1. The summed E-state index contributed by atoms with van der Waals surface area (Å²) in [5.74, 6) is -0.467. The van der Waals surface area contributed by atoms with Crippen LogP contribution >= 0.6 is 34.7 Å². The first-order valence-corrected chi connectivity index (χ1v) is 14.5. The number of carbonyl (C=O) groups is 1. The molecular weight excluding hydrogens is 538 g/mol. The summed E-state index contributed by atoms with van der Waals surface area (Å²) in [6.45, 7) is 5.41. The molecule has 2 aromatic heterocycles. The highest BCUT2D eigenvalue weighted by Crippen LogP contribution is 2.32. The lowest BCUT2D eigenvalue weighted by Crippen LogP contribution is -2.40. The van der Waals surface area contributed by atoms with Crippen molar-refractivity contribution in [2.75, 3.05) is 6.26 Å². The van der Waals surface area contributed by atoms with Crippen molar-refractivity contribution in [1.82, 2.24) is 9.13 Å². The van der Waals surface area contributed by atoms with E-state index in [2.05, 4.69) is 4.99 Å². The summed E-state index contributed by atoms with van der Waals surface area (Å²) in [5.41, 5.74) is 3.31. The summed E-state index contributed by atoms with van der Waals surface area (Å²) in [6, 6.07) is 18.7. The lowest BCUT2D eigenvalue weighted by molar-refractivity contribution is -0.143. The molecule has 1 aliphatic heterocycles. The van der Waals surface area contributed by atoms with E-state index in [1.54, 1.807) is 37.1 Å². The van der Waals surface area contributed by atoms with Crippen LogP contribution in [0.5, 0.6) is 0 Å². The molecule has 1 aliphatic rings. The molecule has 0 spiro atoms. The topological polar surface area (TPSA) is 65.6 Å². The zero-order chi connectivity index (χ0) is 27.0. The van der Waals surface area contributed by atoms with Gasteiger partial charge in [-0.1, -0.05) is 35.1 Å². The Labute approximate surface area is 233 Å². The van der Waals surface area contributed by atoms with E-state index in [1.165, 1.54) is 11.3 Å². The molecule has 0 amide bonds. The van der Waals surface area contributed by atoms with Crippen LogP contribution in [-0.4, -0.2) is 27.5 Å². The number of fused-ring (bicyclic) bond motifs is 1. The fourth-order valence-electron chi connectivity index (χ4n) is 4.44. The van der Waals surface area contributed by atoms with E-state index in [-0.39, 0.29) is 11.7 Å². The number of esters is 1. The second-order valence-electron chi connectivity index (χ2n) is 9.09. The largest absolute Gasteiger partial charge is 0.459 e. The Morgan fingerprint density at radius 3 is 2.50 bits per heavy atom. The summed E-state index contributed by atoms with van der Waals surface area (Å²) >= 11 is 9.01. The zero-order valence-electron chi connectivity index (χ0n) is 21.3. The number of ether oxygens (including phenoxy) is 1. The lowest BCUT2D eigenvalue weighted by atomic mass is 9.96. The van der Waals surface area contributed by atoms with E-state index in [1.807, 2.05) is 83.8 Å². The van der Waals surface area contributed by atoms with Gasteiger partial charge in [0, 0.05) is 27.5 Å². The number of nitrogens with zero attached hydrogens (tertiary/aromatic N) is 3. The number of thiazole rings is 1. The summed E-state index contributed by atoms with van der Waals surface area (Å²) in [6.07, 6.45) is 5.50. The van der Waals surface area contributed by atoms with Crippen LogP contribution in [0.1, 0.15) is 38.1 Å². The first-order valence-electron chi connectivity index (χ1n) is 12.1. The molecule has 0 aliphatic carbocycles. The van der Waals surface area contributed by atoms with Crippen molar-refractivity contribution in [1.29, 1.82) is 0 Å². The second kappa shape index (κ2) is 10.8. The zero-order valence-corrected chi connectivity index (χ0v) is 23.7. The van der Waals surface area contributed by atoms with Gasteiger partial charge in [-0.3, -0.25) is 9.36 Å². The maximum atomic E-state index is 13.9. The number of hydrogen-bond acceptors (Lipinski definition) is 6. The van der Waals surface area contributed by atoms with Crippen molar-refractivity contribution in [3.8, 4) is 5.69 Å². The number of rotatable bonds is 6. The first kappa shape index (κ1) is 26.3. The van der Waals surface area contributed by atoms with Gasteiger partial charge in [0.1, 0.15) is 0 Å². The highest BCUT2D eigenvalue weighted by molar-refractivity contribution is 7.98. The Morgan fingerprint density at radius 2 is 1.84 bits per heavy atom. The van der Waals surface area contributed by atoms with Gasteiger partial charge in [0.2, 0.25) is 0 Å². The molecule has 2 aromatic carbocycles. The Hall–Kier alpha value is -3.33. The van der Waals surface area contributed by atoms with Gasteiger partial charge < -0.3 is 9.30 Å². The monoisotopic (exact) mass is 563 g/mol. The molecule has 1 atom stereocenters. The average molecular weight is 564 g/mol.